The second kappa shape index (κ2) is 7.74. The zero-order chi connectivity index (χ0) is 14.3. The summed E-state index contributed by atoms with van der Waals surface area (Å²) in [6.07, 6.45) is 2.59. The largest absolute Gasteiger partial charge is 0.466 e. The first-order valence-corrected chi connectivity index (χ1v) is 6.65. The maximum atomic E-state index is 11.4. The molecule has 0 fully saturated rings. The van der Waals surface area contributed by atoms with Gasteiger partial charge in [0.2, 0.25) is 0 Å². The van der Waals surface area contributed by atoms with Gasteiger partial charge in [-0.15, -0.1) is 0 Å². The Kier molecular flexibility index (Phi) is 6.30. The van der Waals surface area contributed by atoms with Gasteiger partial charge in [-0.1, -0.05) is 42.8 Å². The molecular weight excluding hydrogens is 238 g/mol. The van der Waals surface area contributed by atoms with E-state index in [-0.39, 0.29) is 12.0 Å². The van der Waals surface area contributed by atoms with Gasteiger partial charge >= 0.3 is 5.97 Å². The van der Waals surface area contributed by atoms with Gasteiger partial charge in [-0.3, -0.25) is 0 Å². The molecule has 3 nitrogen and oxygen atoms in total. The molecule has 0 aliphatic heterocycles. The summed E-state index contributed by atoms with van der Waals surface area (Å²) >= 11 is 0. The van der Waals surface area contributed by atoms with Crippen LogP contribution in [0.1, 0.15) is 37.4 Å². The third-order valence-electron chi connectivity index (χ3n) is 3.14. The Bertz CT molecular complexity index is 452. The molecule has 0 saturated heterocycles. The molecule has 0 heterocycles. The molecular formula is C16H23NO2. The van der Waals surface area contributed by atoms with E-state index in [1.54, 1.807) is 0 Å². The molecule has 0 radical (unpaired) electrons. The van der Waals surface area contributed by atoms with Crippen LogP contribution in [0.2, 0.25) is 0 Å². The number of rotatable bonds is 6. The second-order valence-corrected chi connectivity index (χ2v) is 4.62. The number of hydrogen-bond acceptors (Lipinski definition) is 3. The SMILES string of the molecule is CC/C(=C/CN[C@@H](C)c1cccc(C)c1)C(=O)OC. The highest BCUT2D eigenvalue weighted by Crippen LogP contribution is 2.13. The third kappa shape index (κ3) is 4.87. The molecule has 0 aliphatic rings. The molecule has 0 spiro atoms. The number of aryl methyl sites for hydroxylation is 1. The fourth-order valence-electron chi connectivity index (χ4n) is 1.92. The van der Waals surface area contributed by atoms with E-state index in [0.29, 0.717) is 18.5 Å². The Morgan fingerprint density at radius 1 is 1.47 bits per heavy atom. The highest BCUT2D eigenvalue weighted by atomic mass is 16.5. The summed E-state index contributed by atoms with van der Waals surface area (Å²) in [5.74, 6) is -0.243. The van der Waals surface area contributed by atoms with Crippen LogP contribution in [-0.2, 0) is 9.53 Å². The van der Waals surface area contributed by atoms with Gasteiger partial charge in [-0.2, -0.15) is 0 Å². The number of methoxy groups -OCH3 is 1. The lowest BCUT2D eigenvalue weighted by atomic mass is 10.1. The van der Waals surface area contributed by atoms with Crippen LogP contribution in [0, 0.1) is 6.92 Å². The van der Waals surface area contributed by atoms with E-state index in [1.807, 2.05) is 13.0 Å². The van der Waals surface area contributed by atoms with E-state index in [2.05, 4.69) is 43.4 Å². The summed E-state index contributed by atoms with van der Waals surface area (Å²) in [6.45, 7) is 6.81. The number of carbonyl (C=O) groups is 1. The van der Waals surface area contributed by atoms with Crippen LogP contribution in [0.3, 0.4) is 0 Å². The van der Waals surface area contributed by atoms with E-state index >= 15 is 0 Å². The summed E-state index contributed by atoms with van der Waals surface area (Å²) in [6, 6.07) is 8.68. The van der Waals surface area contributed by atoms with Crippen LogP contribution in [0.5, 0.6) is 0 Å². The lowest BCUT2D eigenvalue weighted by Crippen LogP contribution is -2.19. The van der Waals surface area contributed by atoms with Gasteiger partial charge < -0.3 is 10.1 Å². The van der Waals surface area contributed by atoms with Crippen molar-refractivity contribution in [2.24, 2.45) is 0 Å². The second-order valence-electron chi connectivity index (χ2n) is 4.62. The lowest BCUT2D eigenvalue weighted by molar-refractivity contribution is -0.136. The highest BCUT2D eigenvalue weighted by molar-refractivity contribution is 5.88. The summed E-state index contributed by atoms with van der Waals surface area (Å²) in [5, 5.41) is 3.39. The summed E-state index contributed by atoms with van der Waals surface area (Å²) < 4.78 is 4.73. The van der Waals surface area contributed by atoms with Crippen molar-refractivity contribution < 1.29 is 9.53 Å². The summed E-state index contributed by atoms with van der Waals surface area (Å²) in [4.78, 5) is 11.4. The molecule has 0 saturated carbocycles. The van der Waals surface area contributed by atoms with Gasteiger partial charge in [-0.25, -0.2) is 4.79 Å². The van der Waals surface area contributed by atoms with Crippen molar-refractivity contribution in [3.05, 3.63) is 47.0 Å². The topological polar surface area (TPSA) is 38.3 Å². The molecule has 1 aromatic rings. The van der Waals surface area contributed by atoms with E-state index in [9.17, 15) is 4.79 Å². The lowest BCUT2D eigenvalue weighted by Gasteiger charge is -2.14. The Morgan fingerprint density at radius 2 is 2.21 bits per heavy atom. The van der Waals surface area contributed by atoms with Crippen LogP contribution in [0.15, 0.2) is 35.9 Å². The van der Waals surface area contributed by atoms with Crippen molar-refractivity contribution in [1.82, 2.24) is 5.32 Å². The first kappa shape index (κ1) is 15.4. The maximum absolute atomic E-state index is 11.4. The van der Waals surface area contributed by atoms with Crippen molar-refractivity contribution in [2.75, 3.05) is 13.7 Å². The molecule has 104 valence electrons. The van der Waals surface area contributed by atoms with Crippen LogP contribution >= 0.6 is 0 Å². The Morgan fingerprint density at radius 3 is 2.79 bits per heavy atom. The summed E-state index contributed by atoms with van der Waals surface area (Å²) in [5.41, 5.74) is 3.22. The predicted octanol–water partition coefficient (Wildman–Crippen LogP) is 3.16. The van der Waals surface area contributed by atoms with Crippen molar-refractivity contribution >= 4 is 5.97 Å². The molecule has 1 N–H and O–H groups in total. The van der Waals surface area contributed by atoms with E-state index in [4.69, 9.17) is 4.74 Å². The van der Waals surface area contributed by atoms with Gasteiger partial charge in [0.1, 0.15) is 0 Å². The Labute approximate surface area is 115 Å². The van der Waals surface area contributed by atoms with Crippen LogP contribution < -0.4 is 5.32 Å². The Balaban J connectivity index is 2.57. The van der Waals surface area contributed by atoms with Gasteiger partial charge in [0.05, 0.1) is 7.11 Å². The fourth-order valence-corrected chi connectivity index (χ4v) is 1.92. The van der Waals surface area contributed by atoms with Crippen molar-refractivity contribution in [2.45, 2.75) is 33.2 Å². The first-order valence-electron chi connectivity index (χ1n) is 6.65. The van der Waals surface area contributed by atoms with Crippen LogP contribution in [0.4, 0.5) is 0 Å². The molecule has 0 amide bonds. The average molecular weight is 261 g/mol. The number of ether oxygens (including phenoxy) is 1. The van der Waals surface area contributed by atoms with Crippen LogP contribution in [-0.4, -0.2) is 19.6 Å². The number of benzene rings is 1. The predicted molar refractivity (Wildman–Crippen MR) is 78.0 cm³/mol. The minimum atomic E-state index is -0.243. The van der Waals surface area contributed by atoms with Gasteiger partial charge in [0, 0.05) is 18.2 Å². The molecule has 1 atom stereocenters. The summed E-state index contributed by atoms with van der Waals surface area (Å²) in [7, 11) is 1.41. The van der Waals surface area contributed by atoms with Crippen molar-refractivity contribution in [3.63, 3.8) is 0 Å². The number of hydrogen-bond donors (Lipinski definition) is 1. The fraction of sp³-hybridized carbons (Fsp3) is 0.438. The molecule has 19 heavy (non-hydrogen) atoms. The standard InChI is InChI=1S/C16H23NO2/c1-5-14(16(18)19-4)9-10-17-13(3)15-8-6-7-12(2)11-15/h6-9,11,13,17H,5,10H2,1-4H3/b14-9-/t13-/m0/s1. The highest BCUT2D eigenvalue weighted by Gasteiger charge is 2.07. The normalized spacial score (nSPS) is 13.2. The molecule has 0 aromatic heterocycles. The molecule has 0 bridgehead atoms. The molecule has 0 aliphatic carbocycles. The van der Waals surface area contributed by atoms with Crippen LogP contribution in [0.25, 0.3) is 0 Å². The van der Waals surface area contributed by atoms with Gasteiger partial charge in [0.25, 0.3) is 0 Å². The third-order valence-corrected chi connectivity index (χ3v) is 3.14. The van der Waals surface area contributed by atoms with E-state index < -0.39 is 0 Å². The number of nitrogens with one attached hydrogen (secondary N) is 1. The average Bonchev–Trinajstić information content (AvgIpc) is 2.42. The number of esters is 1. The minimum Gasteiger partial charge on any atom is -0.466 e. The first-order chi connectivity index (χ1) is 9.08. The molecule has 0 unspecified atom stereocenters. The molecule has 1 aromatic carbocycles. The van der Waals surface area contributed by atoms with Crippen molar-refractivity contribution in [1.29, 1.82) is 0 Å². The number of carbonyl (C=O) groups excluding carboxylic acids is 1. The quantitative estimate of drug-likeness (QED) is 0.631. The van der Waals surface area contributed by atoms with E-state index in [0.717, 1.165) is 0 Å². The molecule has 1 rings (SSSR count). The Hall–Kier alpha value is -1.61. The zero-order valence-electron chi connectivity index (χ0n) is 12.2. The monoisotopic (exact) mass is 261 g/mol. The minimum absolute atomic E-state index is 0.243. The van der Waals surface area contributed by atoms with Gasteiger partial charge in [0.15, 0.2) is 0 Å². The van der Waals surface area contributed by atoms with Gasteiger partial charge in [-0.05, 0) is 25.8 Å². The van der Waals surface area contributed by atoms with Crippen molar-refractivity contribution in [3.8, 4) is 0 Å². The smallest absolute Gasteiger partial charge is 0.333 e. The molecule has 3 heteroatoms. The zero-order valence-corrected chi connectivity index (χ0v) is 12.2. The maximum Gasteiger partial charge on any atom is 0.333 e. The van der Waals surface area contributed by atoms with E-state index in [1.165, 1.54) is 18.2 Å².